The van der Waals surface area contributed by atoms with Crippen LogP contribution in [0, 0.1) is 13.8 Å². The van der Waals surface area contributed by atoms with Crippen molar-refractivity contribution in [1.82, 2.24) is 15.5 Å². The number of hydrogen-bond acceptors (Lipinski definition) is 4. The highest BCUT2D eigenvalue weighted by molar-refractivity contribution is 5.79. The SMILES string of the molecule is COc1ccc2c(c1)OCC(NC(=O)Cc1c(C)n[nH]c1C)C2. The van der Waals surface area contributed by atoms with Gasteiger partial charge in [-0.1, -0.05) is 6.07 Å². The monoisotopic (exact) mass is 315 g/mol. The summed E-state index contributed by atoms with van der Waals surface area (Å²) in [6.07, 6.45) is 1.09. The Labute approximate surface area is 135 Å². The van der Waals surface area contributed by atoms with Gasteiger partial charge in [-0.3, -0.25) is 9.89 Å². The van der Waals surface area contributed by atoms with Crippen molar-refractivity contribution in [2.24, 2.45) is 0 Å². The molecule has 1 aliphatic rings. The molecule has 0 spiro atoms. The predicted molar refractivity (Wildman–Crippen MR) is 85.9 cm³/mol. The molecular weight excluding hydrogens is 294 g/mol. The van der Waals surface area contributed by atoms with Crippen LogP contribution in [0.1, 0.15) is 22.5 Å². The van der Waals surface area contributed by atoms with Crippen LogP contribution in [-0.2, 0) is 17.6 Å². The first-order chi connectivity index (χ1) is 11.1. The van der Waals surface area contributed by atoms with E-state index in [0.29, 0.717) is 13.0 Å². The molecule has 6 nitrogen and oxygen atoms in total. The van der Waals surface area contributed by atoms with Gasteiger partial charge in [0.15, 0.2) is 0 Å². The fourth-order valence-electron chi connectivity index (χ4n) is 2.85. The largest absolute Gasteiger partial charge is 0.497 e. The van der Waals surface area contributed by atoms with Gasteiger partial charge in [0.25, 0.3) is 0 Å². The fourth-order valence-corrected chi connectivity index (χ4v) is 2.85. The zero-order valence-corrected chi connectivity index (χ0v) is 13.6. The standard InChI is InChI=1S/C17H21N3O3/c1-10-15(11(2)20-19-10)8-17(21)18-13-6-12-4-5-14(22-3)7-16(12)23-9-13/h4-5,7,13H,6,8-9H2,1-3H3,(H,18,21)(H,19,20). The summed E-state index contributed by atoms with van der Waals surface area (Å²) in [7, 11) is 1.63. The lowest BCUT2D eigenvalue weighted by atomic mass is 10.0. The van der Waals surface area contributed by atoms with Crippen LogP contribution >= 0.6 is 0 Å². The second-order valence-corrected chi connectivity index (χ2v) is 5.84. The molecule has 1 unspecified atom stereocenters. The minimum absolute atomic E-state index is 0.0110. The maximum absolute atomic E-state index is 12.3. The minimum atomic E-state index is -0.0177. The summed E-state index contributed by atoms with van der Waals surface area (Å²) in [5, 5.41) is 10.1. The number of rotatable bonds is 4. The lowest BCUT2D eigenvalue weighted by Crippen LogP contribution is -2.43. The van der Waals surface area contributed by atoms with Gasteiger partial charge < -0.3 is 14.8 Å². The number of fused-ring (bicyclic) bond motifs is 1. The van der Waals surface area contributed by atoms with E-state index in [9.17, 15) is 4.79 Å². The van der Waals surface area contributed by atoms with E-state index in [-0.39, 0.29) is 11.9 Å². The molecule has 3 rings (SSSR count). The first-order valence-electron chi connectivity index (χ1n) is 7.66. The number of aromatic amines is 1. The molecule has 0 saturated heterocycles. The van der Waals surface area contributed by atoms with E-state index < -0.39 is 0 Å². The van der Waals surface area contributed by atoms with E-state index in [0.717, 1.165) is 40.4 Å². The number of aromatic nitrogens is 2. The lowest BCUT2D eigenvalue weighted by molar-refractivity contribution is -0.121. The van der Waals surface area contributed by atoms with Gasteiger partial charge in [0, 0.05) is 17.3 Å². The summed E-state index contributed by atoms with van der Waals surface area (Å²) in [5.41, 5.74) is 3.85. The first-order valence-corrected chi connectivity index (χ1v) is 7.66. The van der Waals surface area contributed by atoms with Crippen LogP contribution in [0.15, 0.2) is 18.2 Å². The van der Waals surface area contributed by atoms with E-state index >= 15 is 0 Å². The van der Waals surface area contributed by atoms with Gasteiger partial charge in [0.2, 0.25) is 5.91 Å². The Hall–Kier alpha value is -2.50. The lowest BCUT2D eigenvalue weighted by Gasteiger charge is -2.26. The molecule has 1 aromatic heterocycles. The second kappa shape index (κ2) is 6.32. The third-order valence-corrected chi connectivity index (χ3v) is 4.16. The maximum Gasteiger partial charge on any atom is 0.224 e. The van der Waals surface area contributed by atoms with Crippen molar-refractivity contribution in [2.75, 3.05) is 13.7 Å². The molecule has 1 aliphatic heterocycles. The Balaban J connectivity index is 1.62. The predicted octanol–water partition coefficient (Wildman–Crippen LogP) is 1.70. The van der Waals surface area contributed by atoms with Crippen LogP contribution < -0.4 is 14.8 Å². The molecule has 0 bridgehead atoms. The van der Waals surface area contributed by atoms with Crippen molar-refractivity contribution in [2.45, 2.75) is 32.7 Å². The van der Waals surface area contributed by atoms with E-state index in [2.05, 4.69) is 15.5 Å². The average molecular weight is 315 g/mol. The minimum Gasteiger partial charge on any atom is -0.497 e. The van der Waals surface area contributed by atoms with Crippen molar-refractivity contribution < 1.29 is 14.3 Å². The van der Waals surface area contributed by atoms with E-state index in [1.165, 1.54) is 0 Å². The van der Waals surface area contributed by atoms with Crippen LogP contribution in [0.2, 0.25) is 0 Å². The average Bonchev–Trinajstić information content (AvgIpc) is 2.86. The van der Waals surface area contributed by atoms with Gasteiger partial charge >= 0.3 is 0 Å². The quantitative estimate of drug-likeness (QED) is 0.900. The van der Waals surface area contributed by atoms with E-state index in [4.69, 9.17) is 9.47 Å². The summed E-state index contributed by atoms with van der Waals surface area (Å²) >= 11 is 0. The highest BCUT2D eigenvalue weighted by Gasteiger charge is 2.22. The Morgan fingerprint density at radius 1 is 1.48 bits per heavy atom. The number of methoxy groups -OCH3 is 1. The zero-order chi connectivity index (χ0) is 16.4. The van der Waals surface area contributed by atoms with Crippen molar-refractivity contribution >= 4 is 5.91 Å². The molecule has 23 heavy (non-hydrogen) atoms. The van der Waals surface area contributed by atoms with Crippen LogP contribution in [0.25, 0.3) is 0 Å². The number of carbonyl (C=O) groups excluding carboxylic acids is 1. The molecule has 2 heterocycles. The summed E-state index contributed by atoms with van der Waals surface area (Å²) < 4.78 is 10.9. The van der Waals surface area contributed by atoms with Crippen LogP contribution in [-0.4, -0.2) is 35.9 Å². The number of aryl methyl sites for hydroxylation is 2. The molecule has 1 amide bonds. The van der Waals surface area contributed by atoms with Gasteiger partial charge in [0.05, 0.1) is 25.3 Å². The summed E-state index contributed by atoms with van der Waals surface area (Å²) in [5.74, 6) is 1.59. The maximum atomic E-state index is 12.3. The van der Waals surface area contributed by atoms with Crippen LogP contribution in [0.3, 0.4) is 0 Å². The normalized spacial score (nSPS) is 16.4. The highest BCUT2D eigenvalue weighted by atomic mass is 16.5. The molecule has 0 fully saturated rings. The number of carbonyl (C=O) groups is 1. The Morgan fingerprint density at radius 3 is 3.00 bits per heavy atom. The van der Waals surface area contributed by atoms with Gasteiger partial charge in [-0.05, 0) is 31.9 Å². The third-order valence-electron chi connectivity index (χ3n) is 4.16. The fraction of sp³-hybridized carbons (Fsp3) is 0.412. The van der Waals surface area contributed by atoms with Gasteiger partial charge in [-0.15, -0.1) is 0 Å². The first kappa shape index (κ1) is 15.4. The molecular formula is C17H21N3O3. The third kappa shape index (κ3) is 3.31. The molecule has 1 aromatic carbocycles. The number of benzene rings is 1. The summed E-state index contributed by atoms with van der Waals surface area (Å²) in [4.78, 5) is 12.3. The molecule has 122 valence electrons. The molecule has 2 N–H and O–H groups in total. The Bertz CT molecular complexity index is 704. The van der Waals surface area contributed by atoms with Crippen LogP contribution in [0.4, 0.5) is 0 Å². The van der Waals surface area contributed by atoms with Crippen molar-refractivity contribution in [3.8, 4) is 11.5 Å². The highest BCUT2D eigenvalue weighted by Crippen LogP contribution is 2.29. The Morgan fingerprint density at radius 2 is 2.30 bits per heavy atom. The second-order valence-electron chi connectivity index (χ2n) is 5.84. The molecule has 0 radical (unpaired) electrons. The Kier molecular flexibility index (Phi) is 4.23. The number of nitrogens with one attached hydrogen (secondary N) is 2. The summed E-state index contributed by atoms with van der Waals surface area (Å²) in [6.45, 7) is 4.30. The molecule has 2 aromatic rings. The van der Waals surface area contributed by atoms with E-state index in [1.807, 2.05) is 32.0 Å². The molecule has 0 saturated carbocycles. The molecule has 6 heteroatoms. The van der Waals surface area contributed by atoms with Gasteiger partial charge in [-0.25, -0.2) is 0 Å². The summed E-state index contributed by atoms with van der Waals surface area (Å²) in [6, 6.07) is 5.75. The van der Waals surface area contributed by atoms with Crippen molar-refractivity contribution in [3.05, 3.63) is 40.7 Å². The zero-order valence-electron chi connectivity index (χ0n) is 13.6. The molecule has 1 atom stereocenters. The van der Waals surface area contributed by atoms with E-state index in [1.54, 1.807) is 7.11 Å². The van der Waals surface area contributed by atoms with Gasteiger partial charge in [-0.2, -0.15) is 5.10 Å². The number of hydrogen-bond donors (Lipinski definition) is 2. The topological polar surface area (TPSA) is 76.2 Å². The van der Waals surface area contributed by atoms with Crippen molar-refractivity contribution in [3.63, 3.8) is 0 Å². The number of H-pyrrole nitrogens is 1. The van der Waals surface area contributed by atoms with Crippen molar-refractivity contribution in [1.29, 1.82) is 0 Å². The number of ether oxygens (including phenoxy) is 2. The number of amides is 1. The van der Waals surface area contributed by atoms with Gasteiger partial charge in [0.1, 0.15) is 18.1 Å². The number of nitrogens with zero attached hydrogens (tertiary/aromatic N) is 1. The molecule has 0 aliphatic carbocycles. The smallest absolute Gasteiger partial charge is 0.224 e. The van der Waals surface area contributed by atoms with Crippen LogP contribution in [0.5, 0.6) is 11.5 Å².